The second-order valence-electron chi connectivity index (χ2n) is 8.32. The smallest absolute Gasteiger partial charge is 0.319 e. The third-order valence-electron chi connectivity index (χ3n) is 6.47. The highest BCUT2D eigenvalue weighted by atomic mass is 35.5. The van der Waals surface area contributed by atoms with Gasteiger partial charge in [-0.2, -0.15) is 0 Å². The van der Waals surface area contributed by atoms with Gasteiger partial charge in [-0.25, -0.2) is 9.69 Å². The number of aryl methyl sites for hydroxylation is 1. The van der Waals surface area contributed by atoms with E-state index < -0.39 is 5.54 Å². The van der Waals surface area contributed by atoms with Crippen LogP contribution in [0.5, 0.6) is 0 Å². The minimum Gasteiger partial charge on any atom is -0.319 e. The monoisotopic (exact) mass is 444 g/mol. The Morgan fingerprint density at radius 1 is 1.03 bits per heavy atom. The van der Waals surface area contributed by atoms with Crippen molar-refractivity contribution >= 4 is 34.9 Å². The van der Waals surface area contributed by atoms with Gasteiger partial charge in [-0.3, -0.25) is 14.6 Å². The molecule has 3 aliphatic rings. The SMILES string of the molecule is O=C1N[C@@]2(CCCc3ccccc32)C(=O)N1CN1CCN(Cc2ccc(Cl)s2)CC1. The molecule has 0 bridgehead atoms. The molecular formula is C22H25ClN4O2S. The molecule has 8 heteroatoms. The summed E-state index contributed by atoms with van der Waals surface area (Å²) in [6, 6.07) is 11.8. The van der Waals surface area contributed by atoms with Crippen LogP contribution >= 0.6 is 22.9 Å². The lowest BCUT2D eigenvalue weighted by Gasteiger charge is -2.36. The Hall–Kier alpha value is -1.93. The maximum Gasteiger partial charge on any atom is 0.326 e. The molecule has 2 aromatic rings. The van der Waals surface area contributed by atoms with Gasteiger partial charge in [0.05, 0.1) is 11.0 Å². The summed E-state index contributed by atoms with van der Waals surface area (Å²) in [5.74, 6) is -0.102. The Labute approximate surface area is 185 Å². The first kappa shape index (κ1) is 20.0. The number of rotatable bonds is 4. The van der Waals surface area contributed by atoms with Gasteiger partial charge in [0.25, 0.3) is 5.91 Å². The molecule has 158 valence electrons. The summed E-state index contributed by atoms with van der Waals surface area (Å²) in [6.07, 6.45) is 2.53. The van der Waals surface area contributed by atoms with Gasteiger partial charge in [0.1, 0.15) is 5.54 Å². The van der Waals surface area contributed by atoms with Crippen LogP contribution in [0, 0.1) is 0 Å². The van der Waals surface area contributed by atoms with Gasteiger partial charge in [-0.05, 0) is 42.5 Å². The number of nitrogens with zero attached hydrogens (tertiary/aromatic N) is 3. The fourth-order valence-corrected chi connectivity index (χ4v) is 6.02. The lowest BCUT2D eigenvalue weighted by atomic mass is 9.76. The number of carbonyl (C=O) groups excluding carboxylic acids is 2. The Kier molecular flexibility index (Phi) is 5.31. The molecule has 30 heavy (non-hydrogen) atoms. The summed E-state index contributed by atoms with van der Waals surface area (Å²) < 4.78 is 0.820. The summed E-state index contributed by atoms with van der Waals surface area (Å²) >= 11 is 7.65. The van der Waals surface area contributed by atoms with Crippen molar-refractivity contribution in [3.8, 4) is 0 Å². The quantitative estimate of drug-likeness (QED) is 0.735. The maximum absolute atomic E-state index is 13.4. The second-order valence-corrected chi connectivity index (χ2v) is 10.1. The van der Waals surface area contributed by atoms with E-state index in [4.69, 9.17) is 11.6 Å². The van der Waals surface area contributed by atoms with Crippen LogP contribution < -0.4 is 5.32 Å². The molecule has 1 atom stereocenters. The van der Waals surface area contributed by atoms with Crippen LogP contribution in [0.3, 0.4) is 0 Å². The Morgan fingerprint density at radius 2 is 1.80 bits per heavy atom. The average Bonchev–Trinajstić information content (AvgIpc) is 3.26. The van der Waals surface area contributed by atoms with Gasteiger partial charge in [0, 0.05) is 37.6 Å². The number of benzene rings is 1. The lowest BCUT2D eigenvalue weighted by Crippen LogP contribution is -2.51. The van der Waals surface area contributed by atoms with Crippen molar-refractivity contribution in [2.24, 2.45) is 0 Å². The molecule has 0 radical (unpaired) electrons. The van der Waals surface area contributed by atoms with Crippen LogP contribution in [0.1, 0.15) is 28.8 Å². The Morgan fingerprint density at radius 3 is 2.57 bits per heavy atom. The summed E-state index contributed by atoms with van der Waals surface area (Å²) in [7, 11) is 0. The maximum atomic E-state index is 13.4. The Bertz CT molecular complexity index is 972. The van der Waals surface area contributed by atoms with Crippen molar-refractivity contribution in [1.82, 2.24) is 20.0 Å². The van der Waals surface area contributed by atoms with E-state index in [1.54, 1.807) is 11.3 Å². The van der Waals surface area contributed by atoms with Crippen molar-refractivity contribution in [1.29, 1.82) is 0 Å². The van der Waals surface area contributed by atoms with Crippen molar-refractivity contribution in [2.45, 2.75) is 31.3 Å². The molecule has 1 aromatic heterocycles. The second kappa shape index (κ2) is 7.96. The summed E-state index contributed by atoms with van der Waals surface area (Å²) in [5, 5.41) is 3.05. The van der Waals surface area contributed by atoms with Gasteiger partial charge >= 0.3 is 6.03 Å². The van der Waals surface area contributed by atoms with Crippen LogP contribution in [0.25, 0.3) is 0 Å². The molecule has 0 saturated carbocycles. The molecule has 2 fully saturated rings. The number of fused-ring (bicyclic) bond motifs is 2. The van der Waals surface area contributed by atoms with Crippen molar-refractivity contribution in [2.75, 3.05) is 32.8 Å². The number of carbonyl (C=O) groups is 2. The van der Waals surface area contributed by atoms with E-state index >= 15 is 0 Å². The van der Waals surface area contributed by atoms with Gasteiger partial charge in [-0.1, -0.05) is 35.9 Å². The number of piperazine rings is 1. The molecule has 0 unspecified atom stereocenters. The van der Waals surface area contributed by atoms with Gasteiger partial charge in [0.2, 0.25) is 0 Å². The van der Waals surface area contributed by atoms with Crippen LogP contribution in [0.4, 0.5) is 4.79 Å². The number of nitrogens with one attached hydrogen (secondary N) is 1. The van der Waals surface area contributed by atoms with E-state index in [1.807, 2.05) is 24.3 Å². The summed E-state index contributed by atoms with van der Waals surface area (Å²) in [6.45, 7) is 4.74. The molecule has 1 spiro atoms. The van der Waals surface area contributed by atoms with Crippen molar-refractivity contribution in [3.63, 3.8) is 0 Å². The number of hydrogen-bond acceptors (Lipinski definition) is 5. The fourth-order valence-electron chi connectivity index (χ4n) is 4.89. The standard InChI is InChI=1S/C22H25ClN4O2S/c23-19-8-7-17(30-19)14-25-10-12-26(13-11-25)15-27-20(28)22(24-21(27)29)9-3-5-16-4-1-2-6-18(16)22/h1-2,4,6-8H,3,5,9-15H2,(H,24,29)/t22-/m1/s1. The van der Waals surface area contributed by atoms with E-state index in [-0.39, 0.29) is 11.9 Å². The van der Waals surface area contributed by atoms with Gasteiger partial charge in [-0.15, -0.1) is 11.3 Å². The van der Waals surface area contributed by atoms with Crippen LogP contribution in [0.15, 0.2) is 36.4 Å². The zero-order chi connectivity index (χ0) is 20.7. The zero-order valence-electron chi connectivity index (χ0n) is 16.8. The van der Waals surface area contributed by atoms with E-state index in [9.17, 15) is 9.59 Å². The van der Waals surface area contributed by atoms with E-state index in [2.05, 4.69) is 27.2 Å². The van der Waals surface area contributed by atoms with E-state index in [1.165, 1.54) is 15.3 Å². The highest BCUT2D eigenvalue weighted by Gasteiger charge is 2.54. The number of halogens is 1. The molecule has 2 aliphatic heterocycles. The van der Waals surface area contributed by atoms with Crippen LogP contribution in [-0.2, 0) is 23.3 Å². The average molecular weight is 445 g/mol. The van der Waals surface area contributed by atoms with E-state index in [0.717, 1.165) is 55.5 Å². The highest BCUT2D eigenvalue weighted by molar-refractivity contribution is 7.16. The van der Waals surface area contributed by atoms with Crippen LogP contribution in [-0.4, -0.2) is 59.5 Å². The first-order valence-corrected chi connectivity index (χ1v) is 11.7. The number of imide groups is 1. The number of hydrogen-bond donors (Lipinski definition) is 1. The summed E-state index contributed by atoms with van der Waals surface area (Å²) in [4.78, 5) is 33.5. The summed E-state index contributed by atoms with van der Waals surface area (Å²) in [5.41, 5.74) is 1.25. The molecule has 1 N–H and O–H groups in total. The first-order valence-electron chi connectivity index (χ1n) is 10.5. The lowest BCUT2D eigenvalue weighted by molar-refractivity contribution is -0.134. The third kappa shape index (κ3) is 3.54. The number of amides is 3. The van der Waals surface area contributed by atoms with Gasteiger partial charge in [0.15, 0.2) is 0 Å². The van der Waals surface area contributed by atoms with Gasteiger partial charge < -0.3 is 5.32 Å². The number of thiophene rings is 1. The third-order valence-corrected chi connectivity index (χ3v) is 7.68. The highest BCUT2D eigenvalue weighted by Crippen LogP contribution is 2.39. The van der Waals surface area contributed by atoms with Crippen molar-refractivity contribution in [3.05, 3.63) is 56.7 Å². The molecule has 1 aliphatic carbocycles. The topological polar surface area (TPSA) is 55.9 Å². The molecular weight excluding hydrogens is 420 g/mol. The first-order chi connectivity index (χ1) is 14.5. The number of urea groups is 1. The molecule has 6 nitrogen and oxygen atoms in total. The Balaban J connectivity index is 1.24. The largest absolute Gasteiger partial charge is 0.326 e. The molecule has 1 aromatic carbocycles. The van der Waals surface area contributed by atoms with Crippen LogP contribution in [0.2, 0.25) is 4.34 Å². The van der Waals surface area contributed by atoms with Crippen molar-refractivity contribution < 1.29 is 9.59 Å². The minimum absolute atomic E-state index is 0.102. The molecule has 5 rings (SSSR count). The minimum atomic E-state index is -0.883. The molecule has 2 saturated heterocycles. The molecule has 3 amide bonds. The fraction of sp³-hybridized carbons (Fsp3) is 0.455. The van der Waals surface area contributed by atoms with E-state index in [0.29, 0.717) is 13.1 Å². The predicted octanol–water partition coefficient (Wildman–Crippen LogP) is 3.26. The normalized spacial score (nSPS) is 25.0. The predicted molar refractivity (Wildman–Crippen MR) is 117 cm³/mol. The molecule has 3 heterocycles. The zero-order valence-corrected chi connectivity index (χ0v) is 18.3.